The third kappa shape index (κ3) is 2.95. The Morgan fingerprint density at radius 2 is 1.95 bits per heavy atom. The summed E-state index contributed by atoms with van der Waals surface area (Å²) in [4.78, 5) is 2.01. The van der Waals surface area contributed by atoms with E-state index in [0.29, 0.717) is 23.2 Å². The molecule has 5 heteroatoms. The fourth-order valence-corrected chi connectivity index (χ4v) is 3.13. The Balaban J connectivity index is 2.26. The number of rotatable bonds is 2. The average molecular weight is 300 g/mol. The first kappa shape index (κ1) is 15.2. The Kier molecular flexibility index (Phi) is 4.63. The second kappa shape index (κ2) is 6.08. The molecule has 1 aromatic rings. The molecule has 1 aromatic carbocycles. The van der Waals surface area contributed by atoms with Gasteiger partial charge in [-0.1, -0.05) is 25.4 Å². The molecule has 0 bridgehead atoms. The van der Waals surface area contributed by atoms with Crippen LogP contribution in [-0.2, 0) is 0 Å². The Hall–Kier alpha value is -1.16. The van der Waals surface area contributed by atoms with Gasteiger partial charge in [0, 0.05) is 13.1 Å². The minimum Gasteiger partial charge on any atom is -0.397 e. The van der Waals surface area contributed by atoms with Crippen molar-refractivity contribution in [2.45, 2.75) is 33.1 Å². The highest BCUT2D eigenvalue weighted by Crippen LogP contribution is 2.38. The van der Waals surface area contributed by atoms with Gasteiger partial charge in [0.2, 0.25) is 0 Å². The molecule has 0 aliphatic carbocycles. The van der Waals surface area contributed by atoms with Crippen LogP contribution in [0.1, 0.15) is 33.1 Å². The molecule has 2 rings (SSSR count). The first-order valence-electron chi connectivity index (χ1n) is 7.19. The molecule has 0 saturated carbocycles. The molecule has 0 aromatic heterocycles. The van der Waals surface area contributed by atoms with Gasteiger partial charge in [0.1, 0.15) is 5.02 Å². The third-order valence-corrected chi connectivity index (χ3v) is 4.65. The molecule has 20 heavy (non-hydrogen) atoms. The Morgan fingerprint density at radius 1 is 1.25 bits per heavy atom. The van der Waals surface area contributed by atoms with E-state index >= 15 is 0 Å². The van der Waals surface area contributed by atoms with Crippen LogP contribution in [0.3, 0.4) is 0 Å². The summed E-state index contributed by atoms with van der Waals surface area (Å²) in [5, 5.41) is -0.0288. The van der Waals surface area contributed by atoms with Crippen LogP contribution in [-0.4, -0.2) is 13.1 Å². The smallest absolute Gasteiger partial charge is 0.169 e. The van der Waals surface area contributed by atoms with Crippen molar-refractivity contribution in [2.75, 3.05) is 29.5 Å². The van der Waals surface area contributed by atoms with Gasteiger partial charge in [-0.15, -0.1) is 0 Å². The van der Waals surface area contributed by atoms with Crippen LogP contribution in [0, 0.1) is 17.7 Å². The second-order valence-corrected chi connectivity index (χ2v) is 6.33. The summed E-state index contributed by atoms with van der Waals surface area (Å²) in [6.07, 6.45) is 3.28. The highest BCUT2D eigenvalue weighted by atomic mass is 35.5. The quantitative estimate of drug-likeness (QED) is 0.814. The highest BCUT2D eigenvalue weighted by molar-refractivity contribution is 6.33. The van der Waals surface area contributed by atoms with Crippen LogP contribution in [0.5, 0.6) is 0 Å². The Labute approximate surface area is 125 Å². The van der Waals surface area contributed by atoms with E-state index in [1.54, 1.807) is 6.07 Å². The van der Waals surface area contributed by atoms with Crippen molar-refractivity contribution in [3.63, 3.8) is 0 Å². The van der Waals surface area contributed by atoms with Crippen molar-refractivity contribution in [1.29, 1.82) is 0 Å². The topological polar surface area (TPSA) is 55.3 Å². The summed E-state index contributed by atoms with van der Waals surface area (Å²) in [6.45, 7) is 6.11. The van der Waals surface area contributed by atoms with Gasteiger partial charge in [0.25, 0.3) is 0 Å². The van der Waals surface area contributed by atoms with Gasteiger partial charge in [-0.25, -0.2) is 4.39 Å². The molecule has 4 N–H and O–H groups in total. The molecule has 1 aliphatic rings. The summed E-state index contributed by atoms with van der Waals surface area (Å²) in [7, 11) is 0. The lowest BCUT2D eigenvalue weighted by Gasteiger charge is -2.26. The van der Waals surface area contributed by atoms with Crippen LogP contribution < -0.4 is 16.4 Å². The first-order chi connectivity index (χ1) is 9.41. The first-order valence-corrected chi connectivity index (χ1v) is 7.57. The zero-order valence-corrected chi connectivity index (χ0v) is 12.9. The van der Waals surface area contributed by atoms with Crippen LogP contribution >= 0.6 is 11.6 Å². The van der Waals surface area contributed by atoms with Crippen molar-refractivity contribution in [2.24, 2.45) is 11.8 Å². The lowest BCUT2D eigenvalue weighted by Crippen LogP contribution is -2.26. The summed E-state index contributed by atoms with van der Waals surface area (Å²) < 4.78 is 14.4. The predicted octanol–water partition coefficient (Wildman–Crippen LogP) is 3.91. The average Bonchev–Trinajstić information content (AvgIpc) is 2.62. The molecule has 1 fully saturated rings. The number of benzene rings is 1. The lowest BCUT2D eigenvalue weighted by atomic mass is 9.89. The van der Waals surface area contributed by atoms with Crippen molar-refractivity contribution < 1.29 is 4.39 Å². The van der Waals surface area contributed by atoms with Crippen molar-refractivity contribution in [1.82, 2.24) is 0 Å². The molecule has 1 atom stereocenters. The van der Waals surface area contributed by atoms with E-state index in [1.807, 2.05) is 4.90 Å². The van der Waals surface area contributed by atoms with Gasteiger partial charge in [0.05, 0.1) is 17.1 Å². The summed E-state index contributed by atoms with van der Waals surface area (Å²) in [5.74, 6) is 0.854. The van der Waals surface area contributed by atoms with E-state index in [4.69, 9.17) is 23.1 Å². The summed E-state index contributed by atoms with van der Waals surface area (Å²) >= 11 is 5.91. The van der Waals surface area contributed by atoms with E-state index in [2.05, 4.69) is 13.8 Å². The largest absolute Gasteiger partial charge is 0.397 e. The van der Waals surface area contributed by atoms with Gasteiger partial charge < -0.3 is 16.4 Å². The maximum atomic E-state index is 14.4. The number of hydrogen-bond donors (Lipinski definition) is 2. The molecule has 0 radical (unpaired) electrons. The zero-order valence-electron chi connectivity index (χ0n) is 12.1. The molecule has 112 valence electrons. The zero-order chi connectivity index (χ0) is 14.9. The van der Waals surface area contributed by atoms with Gasteiger partial charge in [-0.05, 0) is 37.2 Å². The van der Waals surface area contributed by atoms with Gasteiger partial charge in [-0.2, -0.15) is 0 Å². The maximum Gasteiger partial charge on any atom is 0.169 e. The molecule has 1 unspecified atom stereocenters. The van der Waals surface area contributed by atoms with E-state index in [-0.39, 0.29) is 10.7 Å². The maximum absolute atomic E-state index is 14.4. The summed E-state index contributed by atoms with van der Waals surface area (Å²) in [6, 6.07) is 1.55. The van der Waals surface area contributed by atoms with E-state index in [1.165, 1.54) is 6.42 Å². The molecule has 1 saturated heterocycles. The normalized spacial score (nSPS) is 20.2. The molecule has 0 amide bonds. The van der Waals surface area contributed by atoms with Crippen molar-refractivity contribution in [3.05, 3.63) is 16.9 Å². The van der Waals surface area contributed by atoms with Crippen molar-refractivity contribution >= 4 is 28.7 Å². The standard InChI is InChI=1S/C15H23ClFN3/c1-9(2)10-4-3-6-20(7-5-10)15-12(19)8-11(18)13(16)14(15)17/h8-10H,3-7,18-19H2,1-2H3. The monoisotopic (exact) mass is 299 g/mol. The number of nitrogens with two attached hydrogens (primary N) is 2. The van der Waals surface area contributed by atoms with Crippen LogP contribution in [0.15, 0.2) is 6.07 Å². The molecular weight excluding hydrogens is 277 g/mol. The molecule has 1 aliphatic heterocycles. The fourth-order valence-electron chi connectivity index (χ4n) is 2.99. The van der Waals surface area contributed by atoms with Gasteiger partial charge in [-0.3, -0.25) is 0 Å². The predicted molar refractivity (Wildman–Crippen MR) is 84.6 cm³/mol. The Morgan fingerprint density at radius 3 is 2.60 bits per heavy atom. The van der Waals surface area contributed by atoms with Crippen molar-refractivity contribution in [3.8, 4) is 0 Å². The molecule has 3 nitrogen and oxygen atoms in total. The van der Waals surface area contributed by atoms with Crippen LogP contribution in [0.25, 0.3) is 0 Å². The third-order valence-electron chi connectivity index (χ3n) is 4.27. The SMILES string of the molecule is CC(C)C1CCCN(c2c(N)cc(N)c(Cl)c2F)CC1. The number of anilines is 3. The molecule has 0 spiro atoms. The van der Waals surface area contributed by atoms with Gasteiger partial charge >= 0.3 is 0 Å². The molecule has 1 heterocycles. The van der Waals surface area contributed by atoms with E-state index in [0.717, 1.165) is 25.9 Å². The number of halogens is 2. The number of nitrogen functional groups attached to an aromatic ring is 2. The van der Waals surface area contributed by atoms with Gasteiger partial charge in [0.15, 0.2) is 5.82 Å². The van der Waals surface area contributed by atoms with Crippen LogP contribution in [0.2, 0.25) is 5.02 Å². The van der Waals surface area contributed by atoms with Crippen LogP contribution in [0.4, 0.5) is 21.5 Å². The van der Waals surface area contributed by atoms with E-state index in [9.17, 15) is 4.39 Å². The summed E-state index contributed by atoms with van der Waals surface area (Å²) in [5.41, 5.74) is 12.6. The second-order valence-electron chi connectivity index (χ2n) is 5.95. The fraction of sp³-hybridized carbons (Fsp3) is 0.600. The minimum atomic E-state index is -0.493. The number of nitrogens with zero attached hydrogens (tertiary/aromatic N) is 1. The Bertz CT molecular complexity index is 490. The lowest BCUT2D eigenvalue weighted by molar-refractivity contribution is 0.351. The molecular formula is C15H23ClFN3. The van der Waals surface area contributed by atoms with E-state index < -0.39 is 5.82 Å². The highest BCUT2D eigenvalue weighted by Gasteiger charge is 2.24. The number of hydrogen-bond acceptors (Lipinski definition) is 3. The minimum absolute atomic E-state index is 0.0288.